The fourth-order valence-corrected chi connectivity index (χ4v) is 3.64. The largest absolute Gasteiger partial charge is 0.416 e. The van der Waals surface area contributed by atoms with Crippen molar-refractivity contribution < 1.29 is 39.5 Å². The number of rotatable bonds is 3. The van der Waals surface area contributed by atoms with Crippen molar-refractivity contribution in [2.75, 3.05) is 0 Å². The Morgan fingerprint density at radius 3 is 1.84 bits per heavy atom. The molecule has 1 heterocycles. The average Bonchev–Trinajstić information content (AvgIpc) is 2.81. The Balaban J connectivity index is 2.03. The van der Waals surface area contributed by atoms with Gasteiger partial charge in [0.25, 0.3) is 5.56 Å². The average molecular weight is 528 g/mol. The maximum atomic E-state index is 13.4. The highest BCUT2D eigenvalue weighted by molar-refractivity contribution is 5.80. The molecule has 192 valence electrons. The van der Waals surface area contributed by atoms with Crippen LogP contribution in [-0.2, 0) is 18.5 Å². The van der Waals surface area contributed by atoms with Crippen LogP contribution in [0.3, 0.4) is 0 Å². The van der Waals surface area contributed by atoms with Crippen LogP contribution in [-0.4, -0.2) is 9.55 Å². The molecule has 0 unspecified atom stereocenters. The van der Waals surface area contributed by atoms with E-state index in [1.54, 1.807) is 0 Å². The summed E-state index contributed by atoms with van der Waals surface area (Å²) >= 11 is 0. The Morgan fingerprint density at radius 1 is 0.676 bits per heavy atom. The number of alkyl halides is 9. The molecule has 0 aliphatic rings. The van der Waals surface area contributed by atoms with Crippen LogP contribution in [0.4, 0.5) is 39.5 Å². The lowest BCUT2D eigenvalue weighted by atomic mass is 10.1. The van der Waals surface area contributed by atoms with Crippen molar-refractivity contribution in [3.63, 3.8) is 0 Å². The molecule has 4 rings (SSSR count). The quantitative estimate of drug-likeness (QED) is 0.257. The van der Waals surface area contributed by atoms with E-state index in [1.807, 2.05) is 0 Å². The van der Waals surface area contributed by atoms with Crippen molar-refractivity contribution in [2.45, 2.75) is 18.5 Å². The third-order valence-electron chi connectivity index (χ3n) is 5.31. The fourth-order valence-electron chi connectivity index (χ4n) is 3.64. The molecule has 0 aliphatic heterocycles. The van der Waals surface area contributed by atoms with E-state index in [9.17, 15) is 44.3 Å². The molecular weight excluding hydrogens is 515 g/mol. The van der Waals surface area contributed by atoms with Crippen LogP contribution in [0.5, 0.6) is 0 Å². The van der Waals surface area contributed by atoms with Gasteiger partial charge in [-0.15, -0.1) is 0 Å². The molecular formula is C25H13F9N2O. The van der Waals surface area contributed by atoms with Gasteiger partial charge in [-0.2, -0.15) is 39.5 Å². The van der Waals surface area contributed by atoms with Gasteiger partial charge in [0.05, 0.1) is 33.3 Å². The second-order valence-electron chi connectivity index (χ2n) is 7.81. The summed E-state index contributed by atoms with van der Waals surface area (Å²) in [6.07, 6.45) is -13.3. The Kier molecular flexibility index (Phi) is 6.39. The van der Waals surface area contributed by atoms with Gasteiger partial charge >= 0.3 is 18.5 Å². The zero-order valence-electron chi connectivity index (χ0n) is 18.2. The smallest absolute Gasteiger partial charge is 0.268 e. The lowest BCUT2D eigenvalue weighted by molar-refractivity contribution is -0.143. The number of nitrogens with zero attached hydrogens (tertiary/aromatic N) is 2. The molecule has 0 atom stereocenters. The number of hydrogen-bond donors (Lipinski definition) is 0. The molecule has 0 bridgehead atoms. The lowest BCUT2D eigenvalue weighted by Gasteiger charge is -2.17. The Labute approximate surface area is 202 Å². The maximum Gasteiger partial charge on any atom is 0.416 e. The van der Waals surface area contributed by atoms with E-state index >= 15 is 0 Å². The van der Waals surface area contributed by atoms with Gasteiger partial charge < -0.3 is 0 Å². The number of hydrogen-bond acceptors (Lipinski definition) is 2. The summed E-state index contributed by atoms with van der Waals surface area (Å²) in [5, 5.41) is -0.124. The molecule has 0 saturated carbocycles. The highest BCUT2D eigenvalue weighted by atomic mass is 19.4. The Morgan fingerprint density at radius 2 is 1.24 bits per heavy atom. The summed E-state index contributed by atoms with van der Waals surface area (Å²) in [5.74, 6) is -0.479. The summed E-state index contributed by atoms with van der Waals surface area (Å²) in [7, 11) is 0. The number of benzene rings is 3. The molecule has 0 radical (unpaired) electrons. The molecule has 0 fully saturated rings. The highest BCUT2D eigenvalue weighted by Gasteiger charge is 2.37. The van der Waals surface area contributed by atoms with E-state index in [-0.39, 0.29) is 22.5 Å². The van der Waals surface area contributed by atoms with Gasteiger partial charge in [-0.05, 0) is 48.0 Å². The van der Waals surface area contributed by atoms with Crippen LogP contribution in [0.15, 0.2) is 71.5 Å². The van der Waals surface area contributed by atoms with Gasteiger partial charge in [0.15, 0.2) is 0 Å². The second-order valence-corrected chi connectivity index (χ2v) is 7.81. The number of aromatic nitrogens is 2. The predicted molar refractivity (Wildman–Crippen MR) is 118 cm³/mol. The van der Waals surface area contributed by atoms with Gasteiger partial charge in [-0.25, -0.2) is 4.98 Å². The Bertz CT molecular complexity index is 1530. The Hall–Kier alpha value is -4.09. The minimum absolute atomic E-state index is 0.0375. The van der Waals surface area contributed by atoms with Crippen molar-refractivity contribution in [2.24, 2.45) is 0 Å². The van der Waals surface area contributed by atoms with E-state index in [0.29, 0.717) is 16.7 Å². The first-order valence-corrected chi connectivity index (χ1v) is 10.3. The maximum absolute atomic E-state index is 13.4. The molecule has 4 aromatic rings. The molecule has 37 heavy (non-hydrogen) atoms. The molecule has 0 saturated heterocycles. The standard InChI is InChI=1S/C25H13F9N2O/c26-23(27,28)15-11-16(24(29,30)31)13-17(12-15)36-21(35-20-8-4-2-6-18(20)22(36)37)10-9-14-5-1-3-7-19(14)25(32,33)34/h1-13H/b10-9+. The summed E-state index contributed by atoms with van der Waals surface area (Å²) in [6, 6.07) is 10.5. The third-order valence-corrected chi connectivity index (χ3v) is 5.31. The normalized spacial score (nSPS) is 13.0. The van der Waals surface area contributed by atoms with Crippen LogP contribution in [0.1, 0.15) is 28.1 Å². The molecule has 0 aliphatic carbocycles. The molecule has 12 heteroatoms. The molecule has 0 N–H and O–H groups in total. The van der Waals surface area contributed by atoms with E-state index in [2.05, 4.69) is 4.98 Å². The third kappa shape index (κ3) is 5.37. The molecule has 0 amide bonds. The van der Waals surface area contributed by atoms with Gasteiger partial charge in [0, 0.05) is 0 Å². The van der Waals surface area contributed by atoms with E-state index in [0.717, 1.165) is 30.4 Å². The monoisotopic (exact) mass is 528 g/mol. The first-order chi connectivity index (χ1) is 17.2. The van der Waals surface area contributed by atoms with E-state index in [4.69, 9.17) is 0 Å². The molecule has 3 aromatic carbocycles. The number of fused-ring (bicyclic) bond motifs is 1. The first kappa shape index (κ1) is 26.0. The van der Waals surface area contributed by atoms with Gasteiger partial charge in [-0.3, -0.25) is 9.36 Å². The van der Waals surface area contributed by atoms with E-state index < -0.39 is 52.3 Å². The minimum Gasteiger partial charge on any atom is -0.268 e. The second kappa shape index (κ2) is 9.09. The van der Waals surface area contributed by atoms with Crippen molar-refractivity contribution in [1.29, 1.82) is 0 Å². The highest BCUT2D eigenvalue weighted by Crippen LogP contribution is 2.37. The summed E-state index contributed by atoms with van der Waals surface area (Å²) in [6.45, 7) is 0. The summed E-state index contributed by atoms with van der Waals surface area (Å²) in [4.78, 5) is 17.4. The zero-order valence-corrected chi connectivity index (χ0v) is 18.2. The van der Waals surface area contributed by atoms with Crippen LogP contribution < -0.4 is 5.56 Å². The van der Waals surface area contributed by atoms with Crippen LogP contribution in [0, 0.1) is 0 Å². The summed E-state index contributed by atoms with van der Waals surface area (Å²) < 4.78 is 121. The predicted octanol–water partition coefficient (Wildman–Crippen LogP) is 7.61. The minimum atomic E-state index is -5.19. The molecule has 0 spiro atoms. The van der Waals surface area contributed by atoms with Crippen LogP contribution in [0.2, 0.25) is 0 Å². The SMILES string of the molecule is O=c1c2ccccc2nc(/C=C/c2ccccc2C(F)(F)F)n1-c1cc(C(F)(F)F)cc(C(F)(F)F)c1. The van der Waals surface area contributed by atoms with Crippen molar-refractivity contribution in [3.05, 3.63) is 105 Å². The number of para-hydroxylation sites is 1. The van der Waals surface area contributed by atoms with Crippen LogP contribution in [0.25, 0.3) is 28.7 Å². The topological polar surface area (TPSA) is 34.9 Å². The van der Waals surface area contributed by atoms with Gasteiger partial charge in [0.2, 0.25) is 0 Å². The zero-order chi connectivity index (χ0) is 27.2. The van der Waals surface area contributed by atoms with Crippen LogP contribution >= 0.6 is 0 Å². The molecule has 3 nitrogen and oxygen atoms in total. The lowest BCUT2D eigenvalue weighted by Crippen LogP contribution is -2.23. The number of halogens is 9. The summed E-state index contributed by atoms with van der Waals surface area (Å²) in [5.41, 5.74) is -6.53. The first-order valence-electron chi connectivity index (χ1n) is 10.3. The van der Waals surface area contributed by atoms with Crippen molar-refractivity contribution in [1.82, 2.24) is 9.55 Å². The molecule has 1 aromatic heterocycles. The van der Waals surface area contributed by atoms with Crippen molar-refractivity contribution in [3.8, 4) is 5.69 Å². The fraction of sp³-hybridized carbons (Fsp3) is 0.120. The van der Waals surface area contributed by atoms with E-state index in [1.165, 1.54) is 30.3 Å². The van der Waals surface area contributed by atoms with Gasteiger partial charge in [-0.1, -0.05) is 36.4 Å². The van der Waals surface area contributed by atoms with Gasteiger partial charge in [0.1, 0.15) is 5.82 Å². The van der Waals surface area contributed by atoms with Crippen molar-refractivity contribution >= 4 is 23.1 Å².